The number of benzene rings is 1. The van der Waals surface area contributed by atoms with E-state index in [1.54, 1.807) is 0 Å². The zero-order valence-electron chi connectivity index (χ0n) is 13.2. The Kier molecular flexibility index (Phi) is 7.18. The highest BCUT2D eigenvalue weighted by Gasteiger charge is 2.14. The Labute approximate surface area is 135 Å². The van der Waals surface area contributed by atoms with Crippen molar-refractivity contribution in [2.24, 2.45) is 11.7 Å². The zero-order chi connectivity index (χ0) is 16.0. The normalized spacial score (nSPS) is 13.9. The summed E-state index contributed by atoms with van der Waals surface area (Å²) in [4.78, 5) is 11.9. The van der Waals surface area contributed by atoms with Crippen LogP contribution in [0.3, 0.4) is 0 Å². The molecule has 0 aliphatic heterocycles. The predicted octanol–water partition coefficient (Wildman–Crippen LogP) is 2.88. The molecule has 0 radical (unpaired) electrons. The first-order valence-corrected chi connectivity index (χ1v) is 8.05. The number of rotatable bonds is 7. The lowest BCUT2D eigenvalue weighted by Gasteiger charge is -2.19. The molecule has 1 aromatic rings. The second-order valence-electron chi connectivity index (χ2n) is 5.80. The van der Waals surface area contributed by atoms with Crippen LogP contribution in [0.25, 0.3) is 0 Å². The largest absolute Gasteiger partial charge is 0.482 e. The maximum atomic E-state index is 11.9. The van der Waals surface area contributed by atoms with Crippen LogP contribution >= 0.6 is 15.9 Å². The van der Waals surface area contributed by atoms with Crippen LogP contribution < -0.4 is 15.8 Å². The molecular weight excluding hydrogens is 332 g/mol. The van der Waals surface area contributed by atoms with Gasteiger partial charge in [0, 0.05) is 12.1 Å². The van der Waals surface area contributed by atoms with Crippen molar-refractivity contribution in [3.05, 3.63) is 28.2 Å². The van der Waals surface area contributed by atoms with Crippen LogP contribution in [0.5, 0.6) is 5.75 Å². The van der Waals surface area contributed by atoms with E-state index in [-0.39, 0.29) is 24.6 Å². The van der Waals surface area contributed by atoms with Gasteiger partial charge in [0.1, 0.15) is 5.75 Å². The lowest BCUT2D eigenvalue weighted by atomic mass is 10.1. The van der Waals surface area contributed by atoms with Gasteiger partial charge in [-0.2, -0.15) is 0 Å². The topological polar surface area (TPSA) is 64.3 Å². The van der Waals surface area contributed by atoms with Gasteiger partial charge in [0.15, 0.2) is 6.61 Å². The lowest BCUT2D eigenvalue weighted by molar-refractivity contribution is -0.124. The molecule has 2 unspecified atom stereocenters. The number of amides is 1. The standard InChI is InChI=1S/C16H25BrN2O2/c1-10(2)12(4)19-15(20)9-21-16-13(8-11(3)18)6-5-7-14(16)17/h5-7,10-12H,8-9,18H2,1-4H3,(H,19,20). The third kappa shape index (κ3) is 6.06. The van der Waals surface area contributed by atoms with E-state index in [0.717, 1.165) is 10.0 Å². The quantitative estimate of drug-likeness (QED) is 0.789. The SMILES string of the molecule is CC(N)Cc1cccc(Br)c1OCC(=O)NC(C)C(C)C. The molecule has 0 aliphatic rings. The molecule has 0 fully saturated rings. The molecule has 0 saturated heterocycles. The fraction of sp³-hybridized carbons (Fsp3) is 0.562. The molecule has 5 heteroatoms. The summed E-state index contributed by atoms with van der Waals surface area (Å²) in [7, 11) is 0. The summed E-state index contributed by atoms with van der Waals surface area (Å²) in [6, 6.07) is 5.97. The van der Waals surface area contributed by atoms with E-state index in [9.17, 15) is 4.79 Å². The van der Waals surface area contributed by atoms with Crippen molar-refractivity contribution in [1.29, 1.82) is 0 Å². The van der Waals surface area contributed by atoms with Crippen LogP contribution in [0, 0.1) is 5.92 Å². The molecule has 1 amide bonds. The van der Waals surface area contributed by atoms with Crippen LogP contribution in [0.15, 0.2) is 22.7 Å². The molecule has 3 N–H and O–H groups in total. The maximum absolute atomic E-state index is 11.9. The fourth-order valence-electron chi connectivity index (χ4n) is 1.82. The average Bonchev–Trinajstić information content (AvgIpc) is 2.37. The summed E-state index contributed by atoms with van der Waals surface area (Å²) in [6.45, 7) is 8.08. The van der Waals surface area contributed by atoms with Gasteiger partial charge in [-0.25, -0.2) is 0 Å². The first kappa shape index (κ1) is 18.0. The number of nitrogens with one attached hydrogen (secondary N) is 1. The molecule has 2 atom stereocenters. The Bertz CT molecular complexity index is 475. The Morgan fingerprint density at radius 2 is 2.00 bits per heavy atom. The van der Waals surface area contributed by atoms with Gasteiger partial charge in [-0.05, 0) is 53.7 Å². The van der Waals surface area contributed by atoms with Crippen molar-refractivity contribution in [3.8, 4) is 5.75 Å². The lowest BCUT2D eigenvalue weighted by Crippen LogP contribution is -2.39. The monoisotopic (exact) mass is 356 g/mol. The van der Waals surface area contributed by atoms with Crippen LogP contribution in [-0.2, 0) is 11.2 Å². The summed E-state index contributed by atoms with van der Waals surface area (Å²) in [5.74, 6) is 0.979. The van der Waals surface area contributed by atoms with Crippen LogP contribution in [0.4, 0.5) is 0 Å². The number of nitrogens with two attached hydrogens (primary N) is 1. The fourth-order valence-corrected chi connectivity index (χ4v) is 2.34. The van der Waals surface area contributed by atoms with Crippen molar-refractivity contribution in [1.82, 2.24) is 5.32 Å². The molecule has 0 aromatic heterocycles. The zero-order valence-corrected chi connectivity index (χ0v) is 14.7. The Morgan fingerprint density at radius 1 is 1.33 bits per heavy atom. The molecular formula is C16H25BrN2O2. The highest BCUT2D eigenvalue weighted by Crippen LogP contribution is 2.29. The number of hydrogen-bond donors (Lipinski definition) is 2. The van der Waals surface area contributed by atoms with Gasteiger partial charge in [0.25, 0.3) is 5.91 Å². The van der Waals surface area contributed by atoms with Gasteiger partial charge in [-0.15, -0.1) is 0 Å². The molecule has 0 bridgehead atoms. The molecule has 0 heterocycles. The Morgan fingerprint density at radius 3 is 2.57 bits per heavy atom. The third-order valence-corrected chi connectivity index (χ3v) is 3.95. The van der Waals surface area contributed by atoms with Crippen LogP contribution in [0.1, 0.15) is 33.3 Å². The van der Waals surface area contributed by atoms with E-state index in [1.165, 1.54) is 0 Å². The molecule has 4 nitrogen and oxygen atoms in total. The minimum atomic E-state index is -0.112. The summed E-state index contributed by atoms with van der Waals surface area (Å²) in [5, 5.41) is 2.93. The number of ether oxygens (including phenoxy) is 1. The minimum Gasteiger partial charge on any atom is -0.482 e. The van der Waals surface area contributed by atoms with E-state index >= 15 is 0 Å². The number of para-hydroxylation sites is 1. The summed E-state index contributed by atoms with van der Waals surface area (Å²) in [5.41, 5.74) is 6.85. The Balaban J connectivity index is 2.68. The van der Waals surface area contributed by atoms with E-state index in [4.69, 9.17) is 10.5 Å². The van der Waals surface area contributed by atoms with Crippen LogP contribution in [-0.4, -0.2) is 24.6 Å². The number of halogens is 1. The van der Waals surface area contributed by atoms with Gasteiger partial charge in [-0.1, -0.05) is 26.0 Å². The molecule has 118 valence electrons. The van der Waals surface area contributed by atoms with Gasteiger partial charge in [-0.3, -0.25) is 4.79 Å². The molecule has 0 aliphatic carbocycles. The molecule has 0 spiro atoms. The highest BCUT2D eigenvalue weighted by molar-refractivity contribution is 9.10. The van der Waals surface area contributed by atoms with Crippen LogP contribution in [0.2, 0.25) is 0 Å². The number of carbonyl (C=O) groups excluding carboxylic acids is 1. The average molecular weight is 357 g/mol. The Hall–Kier alpha value is -1.07. The third-order valence-electron chi connectivity index (χ3n) is 3.33. The maximum Gasteiger partial charge on any atom is 0.258 e. The van der Waals surface area contributed by atoms with Crippen molar-refractivity contribution in [2.45, 2.75) is 46.2 Å². The van der Waals surface area contributed by atoms with Gasteiger partial charge < -0.3 is 15.8 Å². The molecule has 1 rings (SSSR count). The summed E-state index contributed by atoms with van der Waals surface area (Å²) >= 11 is 3.46. The summed E-state index contributed by atoms with van der Waals surface area (Å²) in [6.07, 6.45) is 0.707. The molecule has 1 aromatic carbocycles. The number of hydrogen-bond acceptors (Lipinski definition) is 3. The van der Waals surface area contributed by atoms with Crippen molar-refractivity contribution < 1.29 is 9.53 Å². The number of carbonyl (C=O) groups is 1. The highest BCUT2D eigenvalue weighted by atomic mass is 79.9. The van der Waals surface area contributed by atoms with E-state index in [0.29, 0.717) is 18.1 Å². The van der Waals surface area contributed by atoms with Gasteiger partial charge in [0.05, 0.1) is 4.47 Å². The van der Waals surface area contributed by atoms with E-state index in [2.05, 4.69) is 35.1 Å². The van der Waals surface area contributed by atoms with Crippen molar-refractivity contribution in [3.63, 3.8) is 0 Å². The first-order valence-electron chi connectivity index (χ1n) is 7.26. The summed E-state index contributed by atoms with van der Waals surface area (Å²) < 4.78 is 6.54. The van der Waals surface area contributed by atoms with E-state index in [1.807, 2.05) is 32.0 Å². The minimum absolute atomic E-state index is 0.00558. The first-order chi connectivity index (χ1) is 9.81. The smallest absolute Gasteiger partial charge is 0.258 e. The molecule has 21 heavy (non-hydrogen) atoms. The van der Waals surface area contributed by atoms with Crippen molar-refractivity contribution >= 4 is 21.8 Å². The predicted molar refractivity (Wildman–Crippen MR) is 89.4 cm³/mol. The molecule has 0 saturated carbocycles. The van der Waals surface area contributed by atoms with E-state index < -0.39 is 0 Å². The second-order valence-corrected chi connectivity index (χ2v) is 6.65. The van der Waals surface area contributed by atoms with Gasteiger partial charge >= 0.3 is 0 Å². The van der Waals surface area contributed by atoms with Crippen molar-refractivity contribution in [2.75, 3.05) is 6.61 Å². The second kappa shape index (κ2) is 8.39. The van der Waals surface area contributed by atoms with Gasteiger partial charge in [0.2, 0.25) is 0 Å².